The van der Waals surface area contributed by atoms with Gasteiger partial charge in [-0.2, -0.15) is 0 Å². The quantitative estimate of drug-likeness (QED) is 0.778. The minimum absolute atomic E-state index is 0.0869. The van der Waals surface area contributed by atoms with E-state index in [2.05, 4.69) is 4.90 Å². The molecule has 116 valence electrons. The number of carbonyl (C=O) groups excluding carboxylic acids is 1. The molecule has 1 saturated heterocycles. The average Bonchev–Trinajstić information content (AvgIpc) is 2.48. The summed E-state index contributed by atoms with van der Waals surface area (Å²) in [6.45, 7) is 2.87. The molecule has 0 saturated carbocycles. The lowest BCUT2D eigenvalue weighted by molar-refractivity contribution is -0.123. The number of aliphatic hydroxyl groups excluding tert-OH is 1. The van der Waals surface area contributed by atoms with Crippen molar-refractivity contribution >= 4 is 5.91 Å². The fourth-order valence-corrected chi connectivity index (χ4v) is 2.69. The number of nitrogens with zero attached hydrogens (tertiary/aromatic N) is 1. The summed E-state index contributed by atoms with van der Waals surface area (Å²) < 4.78 is 5.53. The molecule has 0 bridgehead atoms. The van der Waals surface area contributed by atoms with E-state index in [0.29, 0.717) is 26.3 Å². The number of aliphatic hydroxyl groups is 1. The number of benzene rings is 1. The molecule has 0 radical (unpaired) electrons. The van der Waals surface area contributed by atoms with Crippen molar-refractivity contribution in [2.75, 3.05) is 26.2 Å². The van der Waals surface area contributed by atoms with Crippen LogP contribution in [0.25, 0.3) is 0 Å². The molecule has 5 nitrogen and oxygen atoms in total. The summed E-state index contributed by atoms with van der Waals surface area (Å²) in [5.74, 6) is -0.328. The molecule has 3 N–H and O–H groups in total. The number of likely N-dealkylation sites (tertiary alicyclic amines) is 1. The number of nitrogens with two attached hydrogens (primary N) is 1. The van der Waals surface area contributed by atoms with Gasteiger partial charge in [-0.1, -0.05) is 30.3 Å². The number of piperidine rings is 1. The van der Waals surface area contributed by atoms with Crippen molar-refractivity contribution in [2.24, 2.45) is 11.7 Å². The van der Waals surface area contributed by atoms with Gasteiger partial charge in [0.05, 0.1) is 25.2 Å². The first-order valence-corrected chi connectivity index (χ1v) is 7.46. The number of carbonyl (C=O) groups is 1. The lowest BCUT2D eigenvalue weighted by Crippen LogP contribution is -2.44. The molecule has 1 aromatic carbocycles. The Bertz CT molecular complexity index is 438. The molecule has 2 unspecified atom stereocenters. The van der Waals surface area contributed by atoms with Crippen LogP contribution in [0.2, 0.25) is 0 Å². The van der Waals surface area contributed by atoms with Crippen LogP contribution >= 0.6 is 0 Å². The van der Waals surface area contributed by atoms with Gasteiger partial charge in [-0.25, -0.2) is 0 Å². The first-order valence-electron chi connectivity index (χ1n) is 7.46. The van der Waals surface area contributed by atoms with Crippen molar-refractivity contribution in [1.82, 2.24) is 4.90 Å². The fraction of sp³-hybridized carbons (Fsp3) is 0.562. The predicted octanol–water partition coefficient (Wildman–Crippen LogP) is 0.761. The Balaban J connectivity index is 1.67. The summed E-state index contributed by atoms with van der Waals surface area (Å²) in [4.78, 5) is 13.3. The van der Waals surface area contributed by atoms with E-state index in [-0.39, 0.29) is 11.8 Å². The summed E-state index contributed by atoms with van der Waals surface area (Å²) in [5.41, 5.74) is 6.45. The van der Waals surface area contributed by atoms with Gasteiger partial charge in [0.15, 0.2) is 0 Å². The second kappa shape index (κ2) is 8.12. The Morgan fingerprint density at radius 1 is 1.43 bits per heavy atom. The largest absolute Gasteiger partial charge is 0.389 e. The van der Waals surface area contributed by atoms with E-state index in [1.54, 1.807) is 0 Å². The van der Waals surface area contributed by atoms with Crippen LogP contribution in [0.4, 0.5) is 0 Å². The highest BCUT2D eigenvalue weighted by Gasteiger charge is 2.25. The van der Waals surface area contributed by atoms with Gasteiger partial charge in [0, 0.05) is 13.1 Å². The molecule has 1 aliphatic heterocycles. The summed E-state index contributed by atoms with van der Waals surface area (Å²) >= 11 is 0. The zero-order valence-corrected chi connectivity index (χ0v) is 12.3. The SMILES string of the molecule is NC(=O)C1CCCN(CC(O)COCc2ccccc2)C1. The topological polar surface area (TPSA) is 75.8 Å². The molecule has 5 heteroatoms. The van der Waals surface area contributed by atoms with E-state index in [4.69, 9.17) is 10.5 Å². The maximum atomic E-state index is 11.2. The van der Waals surface area contributed by atoms with Crippen LogP contribution in [0.5, 0.6) is 0 Å². The summed E-state index contributed by atoms with van der Waals surface area (Å²) in [6.07, 6.45) is 1.26. The van der Waals surface area contributed by atoms with E-state index in [1.807, 2.05) is 30.3 Å². The highest BCUT2D eigenvalue weighted by atomic mass is 16.5. The Morgan fingerprint density at radius 2 is 2.19 bits per heavy atom. The minimum atomic E-state index is -0.541. The van der Waals surface area contributed by atoms with Gasteiger partial charge in [-0.3, -0.25) is 9.69 Å². The van der Waals surface area contributed by atoms with Gasteiger partial charge < -0.3 is 15.6 Å². The predicted molar refractivity (Wildman–Crippen MR) is 80.5 cm³/mol. The fourth-order valence-electron chi connectivity index (χ4n) is 2.69. The van der Waals surface area contributed by atoms with Crippen LogP contribution in [-0.2, 0) is 16.1 Å². The number of primary amides is 1. The third-order valence-corrected chi connectivity index (χ3v) is 3.80. The van der Waals surface area contributed by atoms with Crippen molar-refractivity contribution in [3.05, 3.63) is 35.9 Å². The zero-order chi connectivity index (χ0) is 15.1. The second-order valence-corrected chi connectivity index (χ2v) is 5.66. The smallest absolute Gasteiger partial charge is 0.221 e. The highest BCUT2D eigenvalue weighted by Crippen LogP contribution is 2.16. The monoisotopic (exact) mass is 292 g/mol. The molecule has 0 aliphatic carbocycles. The zero-order valence-electron chi connectivity index (χ0n) is 12.3. The van der Waals surface area contributed by atoms with E-state index in [0.717, 1.165) is 24.9 Å². The highest BCUT2D eigenvalue weighted by molar-refractivity contribution is 5.76. The van der Waals surface area contributed by atoms with Gasteiger partial charge in [-0.05, 0) is 24.9 Å². The molecule has 1 aliphatic rings. The van der Waals surface area contributed by atoms with E-state index in [1.165, 1.54) is 0 Å². The van der Waals surface area contributed by atoms with Crippen LogP contribution < -0.4 is 5.73 Å². The number of β-amino-alcohol motifs (C(OH)–C–C–N with tert-alkyl or cyclic N) is 1. The van der Waals surface area contributed by atoms with Crippen LogP contribution in [-0.4, -0.2) is 48.3 Å². The average molecular weight is 292 g/mol. The molecule has 2 atom stereocenters. The molecule has 0 spiro atoms. The standard InChI is InChI=1S/C16H24N2O3/c17-16(20)14-7-4-8-18(9-14)10-15(19)12-21-11-13-5-2-1-3-6-13/h1-3,5-6,14-15,19H,4,7-12H2,(H2,17,20). The Hall–Kier alpha value is -1.43. The maximum Gasteiger partial charge on any atom is 0.221 e. The Labute approximate surface area is 125 Å². The van der Waals surface area contributed by atoms with Gasteiger partial charge in [-0.15, -0.1) is 0 Å². The van der Waals surface area contributed by atoms with Crippen molar-refractivity contribution in [3.8, 4) is 0 Å². The van der Waals surface area contributed by atoms with Crippen LogP contribution in [0, 0.1) is 5.92 Å². The molecule has 1 aromatic rings. The van der Waals surface area contributed by atoms with Gasteiger partial charge >= 0.3 is 0 Å². The first kappa shape index (κ1) is 15.9. The van der Waals surface area contributed by atoms with E-state index in [9.17, 15) is 9.90 Å². The molecule has 1 amide bonds. The van der Waals surface area contributed by atoms with Gasteiger partial charge in [0.1, 0.15) is 0 Å². The van der Waals surface area contributed by atoms with Crippen molar-refractivity contribution in [3.63, 3.8) is 0 Å². The van der Waals surface area contributed by atoms with Crippen molar-refractivity contribution in [2.45, 2.75) is 25.6 Å². The number of amides is 1. The molecule has 21 heavy (non-hydrogen) atoms. The molecule has 2 rings (SSSR count). The molecule has 1 fully saturated rings. The van der Waals surface area contributed by atoms with Crippen molar-refractivity contribution in [1.29, 1.82) is 0 Å². The summed E-state index contributed by atoms with van der Waals surface area (Å²) in [5, 5.41) is 10.0. The normalized spacial score (nSPS) is 21.1. The van der Waals surface area contributed by atoms with Crippen molar-refractivity contribution < 1.29 is 14.6 Å². The minimum Gasteiger partial charge on any atom is -0.389 e. The van der Waals surface area contributed by atoms with E-state index < -0.39 is 6.10 Å². The second-order valence-electron chi connectivity index (χ2n) is 5.66. The lowest BCUT2D eigenvalue weighted by atomic mass is 9.97. The van der Waals surface area contributed by atoms with Crippen LogP contribution in [0.15, 0.2) is 30.3 Å². The Kier molecular flexibility index (Phi) is 6.17. The van der Waals surface area contributed by atoms with Gasteiger partial charge in [0.2, 0.25) is 5.91 Å². The molecular formula is C16H24N2O3. The number of ether oxygens (including phenoxy) is 1. The summed E-state index contributed by atoms with van der Waals surface area (Å²) in [7, 11) is 0. The number of hydrogen-bond acceptors (Lipinski definition) is 4. The first-order chi connectivity index (χ1) is 10.1. The van der Waals surface area contributed by atoms with Crippen LogP contribution in [0.1, 0.15) is 18.4 Å². The maximum absolute atomic E-state index is 11.2. The van der Waals surface area contributed by atoms with Crippen LogP contribution in [0.3, 0.4) is 0 Å². The Morgan fingerprint density at radius 3 is 2.90 bits per heavy atom. The summed E-state index contributed by atoms with van der Waals surface area (Å²) in [6, 6.07) is 9.88. The number of rotatable bonds is 7. The van der Waals surface area contributed by atoms with E-state index >= 15 is 0 Å². The van der Waals surface area contributed by atoms with Gasteiger partial charge in [0.25, 0.3) is 0 Å². The molecular weight excluding hydrogens is 268 g/mol. The molecule has 1 heterocycles. The third kappa shape index (κ3) is 5.46. The lowest BCUT2D eigenvalue weighted by Gasteiger charge is -2.32. The number of hydrogen-bond donors (Lipinski definition) is 2. The molecule has 0 aromatic heterocycles. The third-order valence-electron chi connectivity index (χ3n) is 3.80.